The third-order valence-corrected chi connectivity index (χ3v) is 8.98. The monoisotopic (exact) mass is 520 g/mol. The second-order valence-electron chi connectivity index (χ2n) is 9.93. The van der Waals surface area contributed by atoms with Crippen molar-refractivity contribution in [2.75, 3.05) is 23.1 Å². The van der Waals surface area contributed by atoms with E-state index in [1.807, 2.05) is 12.3 Å². The molecule has 12 heteroatoms. The van der Waals surface area contributed by atoms with Crippen LogP contribution in [-0.4, -0.2) is 57.6 Å². The molecule has 1 aliphatic heterocycles. The average Bonchev–Trinajstić information content (AvgIpc) is 3.82. The fourth-order valence-electron chi connectivity index (χ4n) is 4.61. The Bertz CT molecular complexity index is 1420. The number of aromatic nitrogens is 5. The maximum atomic E-state index is 13.7. The van der Waals surface area contributed by atoms with Crippen LogP contribution in [0.5, 0.6) is 0 Å². The van der Waals surface area contributed by atoms with Crippen molar-refractivity contribution in [2.45, 2.75) is 55.1 Å². The first kappa shape index (κ1) is 23.9. The number of anilines is 2. The van der Waals surface area contributed by atoms with Gasteiger partial charge in [0.2, 0.25) is 15.9 Å². The topological polar surface area (TPSA) is 152 Å². The minimum atomic E-state index is -3.48. The van der Waals surface area contributed by atoms with Gasteiger partial charge >= 0.3 is 0 Å². The highest BCUT2D eigenvalue weighted by atomic mass is 32.2. The third-order valence-electron chi connectivity index (χ3n) is 7.14. The van der Waals surface area contributed by atoms with Crippen LogP contribution >= 0.6 is 0 Å². The Labute approximate surface area is 215 Å². The van der Waals surface area contributed by atoms with Crippen molar-refractivity contribution in [3.8, 4) is 11.3 Å². The summed E-state index contributed by atoms with van der Waals surface area (Å²) in [4.78, 5) is 36.0. The molecule has 0 bridgehead atoms. The lowest BCUT2D eigenvalue weighted by molar-refractivity contribution is -0.122. The molecule has 6 rings (SSSR count). The summed E-state index contributed by atoms with van der Waals surface area (Å²) in [6.07, 6.45) is 11.2. The maximum absolute atomic E-state index is 13.7. The fraction of sp³-hybridized carbons (Fsp3) is 0.440. The van der Waals surface area contributed by atoms with E-state index < -0.39 is 15.4 Å². The number of piperidine rings is 1. The molecule has 2 aliphatic carbocycles. The maximum Gasteiger partial charge on any atom is 0.239 e. The lowest BCUT2D eigenvalue weighted by atomic mass is 9.77. The van der Waals surface area contributed by atoms with E-state index in [9.17, 15) is 13.2 Å². The minimum Gasteiger partial charge on any atom is -0.317 e. The molecule has 0 unspecified atom stereocenters. The first-order valence-corrected chi connectivity index (χ1v) is 14.1. The summed E-state index contributed by atoms with van der Waals surface area (Å²) in [7, 11) is -3.48. The summed E-state index contributed by atoms with van der Waals surface area (Å²) in [5.74, 6) is 1.12. The number of pyridine rings is 1. The van der Waals surface area contributed by atoms with Gasteiger partial charge in [-0.25, -0.2) is 28.4 Å². The summed E-state index contributed by atoms with van der Waals surface area (Å²) < 4.78 is 27.4. The van der Waals surface area contributed by atoms with Crippen molar-refractivity contribution in [3.05, 3.63) is 54.5 Å². The molecule has 3 fully saturated rings. The second kappa shape index (κ2) is 9.42. The Morgan fingerprint density at radius 3 is 2.46 bits per heavy atom. The number of carbonyl (C=O) groups is 1. The number of nitrogens with zero attached hydrogens (tertiary/aromatic N) is 5. The molecule has 1 saturated heterocycles. The zero-order valence-corrected chi connectivity index (χ0v) is 21.0. The quantitative estimate of drug-likeness (QED) is 0.406. The van der Waals surface area contributed by atoms with Crippen LogP contribution in [0.2, 0.25) is 0 Å². The highest BCUT2D eigenvalue weighted by Crippen LogP contribution is 2.39. The summed E-state index contributed by atoms with van der Waals surface area (Å²) in [6, 6.07) is 5.12. The smallest absolute Gasteiger partial charge is 0.239 e. The first-order valence-electron chi connectivity index (χ1n) is 12.6. The van der Waals surface area contributed by atoms with Crippen LogP contribution in [0.1, 0.15) is 56.0 Å². The van der Waals surface area contributed by atoms with Crippen LogP contribution in [0.3, 0.4) is 0 Å². The van der Waals surface area contributed by atoms with Crippen LogP contribution in [0.25, 0.3) is 11.3 Å². The van der Waals surface area contributed by atoms with E-state index in [1.54, 1.807) is 18.5 Å². The van der Waals surface area contributed by atoms with Gasteiger partial charge in [-0.3, -0.25) is 14.5 Å². The largest absolute Gasteiger partial charge is 0.317 e. The minimum absolute atomic E-state index is 0.180. The van der Waals surface area contributed by atoms with Crippen LogP contribution in [0.4, 0.5) is 11.6 Å². The molecule has 3 aliphatic rings. The summed E-state index contributed by atoms with van der Waals surface area (Å²) >= 11 is 0. The van der Waals surface area contributed by atoms with Crippen LogP contribution < -0.4 is 15.4 Å². The Balaban J connectivity index is 1.22. The van der Waals surface area contributed by atoms with Crippen molar-refractivity contribution in [1.82, 2.24) is 30.2 Å². The van der Waals surface area contributed by atoms with Crippen molar-refractivity contribution in [2.24, 2.45) is 0 Å². The van der Waals surface area contributed by atoms with E-state index in [4.69, 9.17) is 4.98 Å². The van der Waals surface area contributed by atoms with Crippen LogP contribution in [0.15, 0.2) is 43.0 Å². The molecule has 37 heavy (non-hydrogen) atoms. The van der Waals surface area contributed by atoms with Crippen molar-refractivity contribution in [1.29, 1.82) is 0 Å². The molecule has 3 aromatic rings. The number of hydrogen-bond donors (Lipinski definition) is 3. The van der Waals surface area contributed by atoms with E-state index in [1.165, 1.54) is 12.3 Å². The van der Waals surface area contributed by atoms with E-state index in [2.05, 4.69) is 35.3 Å². The second-order valence-corrected chi connectivity index (χ2v) is 11.9. The molecule has 11 nitrogen and oxygen atoms in total. The molecule has 4 heterocycles. The molecule has 2 saturated carbocycles. The predicted octanol–water partition coefficient (Wildman–Crippen LogP) is 2.37. The number of hydrogen-bond acceptors (Lipinski definition) is 9. The van der Waals surface area contributed by atoms with Gasteiger partial charge in [0.15, 0.2) is 0 Å². The van der Waals surface area contributed by atoms with Gasteiger partial charge in [0.05, 0.1) is 22.8 Å². The molecule has 192 valence electrons. The molecule has 1 amide bonds. The van der Waals surface area contributed by atoms with Gasteiger partial charge < -0.3 is 10.6 Å². The average molecular weight is 521 g/mol. The summed E-state index contributed by atoms with van der Waals surface area (Å²) in [5, 5.41) is 5.83. The Morgan fingerprint density at radius 1 is 0.946 bits per heavy atom. The predicted molar refractivity (Wildman–Crippen MR) is 137 cm³/mol. The standard InChI is InChI=1S/C25H28N8O3S/c34-24(32-21-6-3-17(13-29-21)20-15-27-14-19(30-20)16-1-2-16)25(8-11-26-12-9-25)23-28-10-7-22(31-23)33-37(35,36)18-4-5-18/h3,6-7,10,13-16,18,26H,1-2,4-5,8-9,11-12H2,(H,28,31,33)(H,29,32,34). The van der Waals surface area contributed by atoms with Crippen LogP contribution in [0, 0.1) is 0 Å². The normalized spacial score (nSPS) is 19.2. The number of rotatable bonds is 8. The number of carbonyl (C=O) groups excluding carboxylic acids is 1. The molecule has 3 N–H and O–H groups in total. The zero-order valence-electron chi connectivity index (χ0n) is 20.2. The highest BCUT2D eigenvalue weighted by Gasteiger charge is 2.44. The van der Waals surface area contributed by atoms with E-state index in [0.717, 1.165) is 29.8 Å². The molecular formula is C25H28N8O3S. The number of amides is 1. The molecule has 0 aromatic carbocycles. The lowest BCUT2D eigenvalue weighted by Gasteiger charge is -2.34. The Kier molecular flexibility index (Phi) is 6.07. The number of nitrogens with one attached hydrogen (secondary N) is 3. The fourth-order valence-corrected chi connectivity index (χ4v) is 5.94. The van der Waals surface area contributed by atoms with E-state index >= 15 is 0 Å². The van der Waals surface area contributed by atoms with Gasteiger partial charge in [-0.2, -0.15) is 0 Å². The molecular weight excluding hydrogens is 492 g/mol. The van der Waals surface area contributed by atoms with Crippen LogP contribution in [-0.2, 0) is 20.2 Å². The molecule has 0 atom stereocenters. The molecule has 0 spiro atoms. The lowest BCUT2D eigenvalue weighted by Crippen LogP contribution is -2.49. The van der Waals surface area contributed by atoms with Gasteiger partial charge in [-0.1, -0.05) is 0 Å². The van der Waals surface area contributed by atoms with Gasteiger partial charge in [-0.15, -0.1) is 0 Å². The number of sulfonamides is 1. The van der Waals surface area contributed by atoms with E-state index in [-0.39, 0.29) is 17.0 Å². The molecule has 0 radical (unpaired) electrons. The van der Waals surface area contributed by atoms with E-state index in [0.29, 0.717) is 56.3 Å². The van der Waals surface area contributed by atoms with Crippen molar-refractivity contribution in [3.63, 3.8) is 0 Å². The Morgan fingerprint density at radius 2 is 1.76 bits per heavy atom. The van der Waals surface area contributed by atoms with Gasteiger partial charge in [-0.05, 0) is 69.8 Å². The third kappa shape index (κ3) is 5.03. The summed E-state index contributed by atoms with van der Waals surface area (Å²) in [6.45, 7) is 1.22. The molecule has 3 aromatic heterocycles. The van der Waals surface area contributed by atoms with Gasteiger partial charge in [0.1, 0.15) is 22.9 Å². The Hall–Kier alpha value is -3.51. The van der Waals surface area contributed by atoms with Crippen molar-refractivity contribution >= 4 is 27.6 Å². The van der Waals surface area contributed by atoms with Crippen molar-refractivity contribution < 1.29 is 13.2 Å². The van der Waals surface area contributed by atoms with Gasteiger partial charge in [0.25, 0.3) is 0 Å². The van der Waals surface area contributed by atoms with Gasteiger partial charge in [0, 0.05) is 30.1 Å². The highest BCUT2D eigenvalue weighted by molar-refractivity contribution is 7.93. The first-order chi connectivity index (χ1) is 17.9. The summed E-state index contributed by atoms with van der Waals surface area (Å²) in [5.41, 5.74) is 1.56. The zero-order chi connectivity index (χ0) is 25.5. The SMILES string of the molecule is O=C(Nc1ccc(-c2cncc(C3CC3)n2)cn1)C1(c2nccc(NS(=O)(=O)C3CC3)n2)CCNCC1.